The van der Waals surface area contributed by atoms with E-state index in [-0.39, 0.29) is 27.9 Å². The smallest absolute Gasteiger partial charge is 0.269 e. The first-order valence-electron chi connectivity index (χ1n) is 8.56. The van der Waals surface area contributed by atoms with Crippen molar-refractivity contribution in [2.24, 2.45) is 0 Å². The number of rotatable bonds is 7. The van der Waals surface area contributed by atoms with Gasteiger partial charge < -0.3 is 9.47 Å². The molecule has 2 aliphatic rings. The van der Waals surface area contributed by atoms with Crippen molar-refractivity contribution >= 4 is 5.69 Å². The summed E-state index contributed by atoms with van der Waals surface area (Å²) < 4.78 is 12.4. The predicted octanol–water partition coefficient (Wildman–Crippen LogP) is 4.38. The lowest BCUT2D eigenvalue weighted by molar-refractivity contribution is -0.384. The van der Waals surface area contributed by atoms with Gasteiger partial charge in [0.25, 0.3) is 5.69 Å². The maximum absolute atomic E-state index is 10.7. The van der Waals surface area contributed by atoms with Gasteiger partial charge in [-0.3, -0.25) is 10.1 Å². The number of nitrogens with zero attached hydrogens (tertiary/aromatic N) is 1. The van der Waals surface area contributed by atoms with Gasteiger partial charge in [0, 0.05) is 12.1 Å². The molecule has 1 aliphatic carbocycles. The first-order chi connectivity index (χ1) is 11.0. The van der Waals surface area contributed by atoms with Crippen LogP contribution in [0.1, 0.15) is 57.9 Å². The second-order valence-electron chi connectivity index (χ2n) is 6.94. The average Bonchev–Trinajstić information content (AvgIpc) is 3.17. The van der Waals surface area contributed by atoms with Gasteiger partial charge in [0.05, 0.1) is 23.2 Å². The average molecular weight is 319 g/mol. The molecule has 1 aliphatic heterocycles. The summed E-state index contributed by atoms with van der Waals surface area (Å²) in [7, 11) is 0. The van der Waals surface area contributed by atoms with Crippen LogP contribution in [0.2, 0.25) is 0 Å². The molecule has 0 bridgehead atoms. The molecule has 1 aromatic carbocycles. The summed E-state index contributed by atoms with van der Waals surface area (Å²) >= 11 is 0. The number of ether oxygens (including phenoxy) is 2. The molecule has 0 amide bonds. The van der Waals surface area contributed by atoms with E-state index < -0.39 is 0 Å². The number of epoxide rings is 1. The van der Waals surface area contributed by atoms with E-state index in [1.165, 1.54) is 12.1 Å². The molecule has 2 fully saturated rings. The third-order valence-electron chi connectivity index (χ3n) is 5.40. The predicted molar refractivity (Wildman–Crippen MR) is 87.3 cm³/mol. The van der Waals surface area contributed by atoms with Crippen LogP contribution in [0.25, 0.3) is 0 Å². The maximum Gasteiger partial charge on any atom is 0.269 e. The molecule has 0 unspecified atom stereocenters. The number of unbranched alkanes of at least 4 members (excludes halogenated alkanes) is 1. The van der Waals surface area contributed by atoms with Gasteiger partial charge in [-0.15, -0.1) is 0 Å². The second kappa shape index (κ2) is 6.21. The van der Waals surface area contributed by atoms with Gasteiger partial charge in [-0.25, -0.2) is 0 Å². The van der Waals surface area contributed by atoms with Crippen molar-refractivity contribution in [1.82, 2.24) is 0 Å². The zero-order valence-corrected chi connectivity index (χ0v) is 13.9. The van der Waals surface area contributed by atoms with Gasteiger partial charge in [0.15, 0.2) is 0 Å². The summed E-state index contributed by atoms with van der Waals surface area (Å²) in [5.74, 6) is 0. The number of hydrogen-bond donors (Lipinski definition) is 0. The third-order valence-corrected chi connectivity index (χ3v) is 5.40. The summed E-state index contributed by atoms with van der Waals surface area (Å²) in [5.41, 5.74) is 0.959. The van der Waals surface area contributed by atoms with Crippen molar-refractivity contribution in [3.63, 3.8) is 0 Å². The van der Waals surface area contributed by atoms with Crippen molar-refractivity contribution in [1.29, 1.82) is 0 Å². The van der Waals surface area contributed by atoms with E-state index in [0.29, 0.717) is 6.61 Å². The second-order valence-corrected chi connectivity index (χ2v) is 6.94. The molecular weight excluding hydrogens is 294 g/mol. The van der Waals surface area contributed by atoms with Gasteiger partial charge in [-0.1, -0.05) is 19.8 Å². The lowest BCUT2D eigenvalue weighted by Gasteiger charge is -2.31. The molecule has 1 saturated heterocycles. The summed E-state index contributed by atoms with van der Waals surface area (Å²) in [6, 6.07) is 6.60. The number of nitro groups is 1. The molecule has 0 aromatic heterocycles. The van der Waals surface area contributed by atoms with E-state index in [9.17, 15) is 10.1 Å². The van der Waals surface area contributed by atoms with Crippen LogP contribution in [0.5, 0.6) is 0 Å². The van der Waals surface area contributed by atoms with Gasteiger partial charge in [0.2, 0.25) is 0 Å². The molecular formula is C18H25NO4. The number of fused-ring (bicyclic) bond motifs is 1. The van der Waals surface area contributed by atoms with Crippen LogP contribution in [0.3, 0.4) is 0 Å². The minimum Gasteiger partial charge on any atom is -0.370 e. The van der Waals surface area contributed by atoms with Crippen LogP contribution in [-0.4, -0.2) is 22.2 Å². The number of hydrogen-bond acceptors (Lipinski definition) is 4. The Hall–Kier alpha value is -1.46. The van der Waals surface area contributed by atoms with Crippen LogP contribution in [0.15, 0.2) is 24.3 Å². The van der Waals surface area contributed by atoms with E-state index in [4.69, 9.17) is 9.47 Å². The zero-order chi connectivity index (χ0) is 16.5. The molecule has 1 saturated carbocycles. The van der Waals surface area contributed by atoms with Gasteiger partial charge in [0.1, 0.15) is 5.60 Å². The fourth-order valence-corrected chi connectivity index (χ4v) is 3.95. The molecule has 0 spiro atoms. The molecule has 1 aromatic rings. The standard InChI is InChI=1S/C18H25NO4/c1-3-4-12-18-16(6-5-11-17(18,2)23-18)22-13-14-7-9-15(10-8-14)19(20)21/h7-10,16H,3-6,11-13H2,1-2H3/t16-,17+,18-/m1/s1. The zero-order valence-electron chi connectivity index (χ0n) is 13.9. The number of non-ortho nitro benzene ring substituents is 1. The van der Waals surface area contributed by atoms with Crippen molar-refractivity contribution in [2.45, 2.75) is 76.3 Å². The summed E-state index contributed by atoms with van der Waals surface area (Å²) in [6.07, 6.45) is 6.80. The first kappa shape index (κ1) is 16.4. The Balaban J connectivity index is 1.63. The lowest BCUT2D eigenvalue weighted by Crippen LogP contribution is -2.41. The van der Waals surface area contributed by atoms with Crippen molar-refractivity contribution in [3.8, 4) is 0 Å². The highest BCUT2D eigenvalue weighted by atomic mass is 16.7. The number of benzene rings is 1. The molecule has 3 atom stereocenters. The quantitative estimate of drug-likeness (QED) is 0.425. The Bertz CT molecular complexity index is 573. The Morgan fingerprint density at radius 3 is 2.78 bits per heavy atom. The Morgan fingerprint density at radius 2 is 2.13 bits per heavy atom. The Labute approximate surface area is 137 Å². The first-order valence-corrected chi connectivity index (χ1v) is 8.56. The molecule has 5 nitrogen and oxygen atoms in total. The molecule has 5 heteroatoms. The SMILES string of the molecule is CCCC[C@]12O[C@@]1(C)CCC[C@H]2OCc1ccc([N+](=O)[O-])cc1. The largest absolute Gasteiger partial charge is 0.370 e. The molecule has 126 valence electrons. The maximum atomic E-state index is 10.7. The highest BCUT2D eigenvalue weighted by Gasteiger charge is 2.71. The van der Waals surface area contributed by atoms with E-state index in [0.717, 1.165) is 44.1 Å². The topological polar surface area (TPSA) is 64.9 Å². The summed E-state index contributed by atoms with van der Waals surface area (Å²) in [5, 5.41) is 10.7. The molecule has 3 rings (SSSR count). The van der Waals surface area contributed by atoms with Crippen molar-refractivity contribution in [2.75, 3.05) is 0 Å². The van der Waals surface area contributed by atoms with E-state index in [1.54, 1.807) is 12.1 Å². The van der Waals surface area contributed by atoms with Crippen LogP contribution in [-0.2, 0) is 16.1 Å². The van der Waals surface area contributed by atoms with Crippen LogP contribution in [0.4, 0.5) is 5.69 Å². The molecule has 0 radical (unpaired) electrons. The normalized spacial score (nSPS) is 32.3. The lowest BCUT2D eigenvalue weighted by atomic mass is 9.75. The van der Waals surface area contributed by atoms with Gasteiger partial charge in [-0.2, -0.15) is 0 Å². The monoisotopic (exact) mass is 319 g/mol. The molecule has 0 N–H and O–H groups in total. The van der Waals surface area contributed by atoms with Crippen molar-refractivity contribution < 1.29 is 14.4 Å². The van der Waals surface area contributed by atoms with E-state index >= 15 is 0 Å². The summed E-state index contributed by atoms with van der Waals surface area (Å²) in [6.45, 7) is 4.89. The van der Waals surface area contributed by atoms with Gasteiger partial charge in [-0.05, 0) is 50.3 Å². The minimum atomic E-state index is -0.380. The van der Waals surface area contributed by atoms with Crippen LogP contribution in [0, 0.1) is 10.1 Å². The summed E-state index contributed by atoms with van der Waals surface area (Å²) in [4.78, 5) is 10.3. The third kappa shape index (κ3) is 3.00. The van der Waals surface area contributed by atoms with Gasteiger partial charge >= 0.3 is 0 Å². The highest BCUT2D eigenvalue weighted by Crippen LogP contribution is 2.60. The molecule has 1 heterocycles. The molecule has 23 heavy (non-hydrogen) atoms. The minimum absolute atomic E-state index is 0.0133. The fraction of sp³-hybridized carbons (Fsp3) is 0.667. The van der Waals surface area contributed by atoms with Crippen LogP contribution < -0.4 is 0 Å². The Kier molecular flexibility index (Phi) is 4.43. The Morgan fingerprint density at radius 1 is 1.39 bits per heavy atom. The van der Waals surface area contributed by atoms with Crippen LogP contribution >= 0.6 is 0 Å². The fourth-order valence-electron chi connectivity index (χ4n) is 3.95. The highest BCUT2D eigenvalue weighted by molar-refractivity contribution is 5.32. The van der Waals surface area contributed by atoms with Crippen molar-refractivity contribution in [3.05, 3.63) is 39.9 Å². The number of nitro benzene ring substituents is 1. The van der Waals surface area contributed by atoms with E-state index in [1.807, 2.05) is 0 Å². The van der Waals surface area contributed by atoms with E-state index in [2.05, 4.69) is 13.8 Å².